The standard InChI is InChI=1S/C19H15N5O4/c25-16-9-13(18(26)20-12-6-7-14-15(8-12)28-10-27-14)24-19(21-16)22-17(23-24)11-4-2-1-3-5-11/h1-8,13H,9-10H2,(H,20,26)(H,21,22,23,25)/t13-/m1/s1. The summed E-state index contributed by atoms with van der Waals surface area (Å²) in [5.41, 5.74) is 1.35. The molecule has 2 aromatic carbocycles. The van der Waals surface area contributed by atoms with Crippen LogP contribution in [0.3, 0.4) is 0 Å². The van der Waals surface area contributed by atoms with Crippen molar-refractivity contribution < 1.29 is 19.1 Å². The lowest BCUT2D eigenvalue weighted by Crippen LogP contribution is -2.36. The highest BCUT2D eigenvalue weighted by Gasteiger charge is 2.33. The Morgan fingerprint density at radius 3 is 2.82 bits per heavy atom. The third-order valence-corrected chi connectivity index (χ3v) is 4.53. The second-order valence-electron chi connectivity index (χ2n) is 6.40. The maximum atomic E-state index is 12.9. The van der Waals surface area contributed by atoms with Gasteiger partial charge in [0, 0.05) is 17.3 Å². The van der Waals surface area contributed by atoms with E-state index in [4.69, 9.17) is 9.47 Å². The van der Waals surface area contributed by atoms with Gasteiger partial charge in [0.2, 0.25) is 24.6 Å². The molecule has 0 fully saturated rings. The van der Waals surface area contributed by atoms with E-state index in [0.717, 1.165) is 5.56 Å². The zero-order chi connectivity index (χ0) is 19.1. The summed E-state index contributed by atoms with van der Waals surface area (Å²) in [6.45, 7) is 0.153. The zero-order valence-electron chi connectivity index (χ0n) is 14.6. The normalized spacial score (nSPS) is 17.0. The minimum absolute atomic E-state index is 0.0268. The smallest absolute Gasteiger partial charge is 0.249 e. The molecule has 2 N–H and O–H groups in total. The van der Waals surface area contributed by atoms with Crippen LogP contribution < -0.4 is 20.1 Å². The Bertz CT molecular complexity index is 1080. The van der Waals surface area contributed by atoms with Crippen molar-refractivity contribution in [1.29, 1.82) is 0 Å². The molecule has 2 aliphatic heterocycles. The summed E-state index contributed by atoms with van der Waals surface area (Å²) >= 11 is 0. The number of amides is 2. The van der Waals surface area contributed by atoms with Crippen molar-refractivity contribution >= 4 is 23.5 Å². The van der Waals surface area contributed by atoms with Crippen molar-refractivity contribution in [3.8, 4) is 22.9 Å². The summed E-state index contributed by atoms with van der Waals surface area (Å²) in [6, 6.07) is 13.7. The highest BCUT2D eigenvalue weighted by atomic mass is 16.7. The van der Waals surface area contributed by atoms with Crippen molar-refractivity contribution in [3.63, 3.8) is 0 Å². The van der Waals surface area contributed by atoms with Crippen LogP contribution in [0.2, 0.25) is 0 Å². The van der Waals surface area contributed by atoms with E-state index in [1.807, 2.05) is 30.3 Å². The molecular formula is C19H15N5O4. The molecule has 140 valence electrons. The number of hydrogen-bond donors (Lipinski definition) is 2. The third kappa shape index (κ3) is 2.82. The number of carbonyl (C=O) groups is 2. The average molecular weight is 377 g/mol. The molecule has 1 aromatic heterocycles. The van der Waals surface area contributed by atoms with E-state index in [-0.39, 0.29) is 31.0 Å². The highest BCUT2D eigenvalue weighted by Crippen LogP contribution is 2.35. The summed E-state index contributed by atoms with van der Waals surface area (Å²) in [6.07, 6.45) is -0.0268. The first-order chi connectivity index (χ1) is 13.7. The summed E-state index contributed by atoms with van der Waals surface area (Å²) in [4.78, 5) is 29.3. The molecule has 0 unspecified atom stereocenters. The first-order valence-electron chi connectivity index (χ1n) is 8.70. The fraction of sp³-hybridized carbons (Fsp3) is 0.158. The second-order valence-corrected chi connectivity index (χ2v) is 6.40. The van der Waals surface area contributed by atoms with Gasteiger partial charge in [-0.2, -0.15) is 4.98 Å². The van der Waals surface area contributed by atoms with Crippen LogP contribution in [0.5, 0.6) is 11.5 Å². The number of hydrogen-bond acceptors (Lipinski definition) is 6. The Kier molecular flexibility index (Phi) is 3.71. The van der Waals surface area contributed by atoms with Crippen LogP contribution in [-0.4, -0.2) is 33.4 Å². The van der Waals surface area contributed by atoms with Crippen LogP contribution in [0.25, 0.3) is 11.4 Å². The monoisotopic (exact) mass is 377 g/mol. The maximum Gasteiger partial charge on any atom is 0.249 e. The van der Waals surface area contributed by atoms with Crippen molar-refractivity contribution in [3.05, 3.63) is 48.5 Å². The molecule has 3 aromatic rings. The molecule has 1 atom stereocenters. The molecule has 0 spiro atoms. The molecule has 0 bridgehead atoms. The van der Waals surface area contributed by atoms with E-state index in [1.165, 1.54) is 4.68 Å². The number of nitrogens with one attached hydrogen (secondary N) is 2. The molecule has 0 radical (unpaired) electrons. The minimum Gasteiger partial charge on any atom is -0.454 e. The summed E-state index contributed by atoms with van der Waals surface area (Å²) in [7, 11) is 0. The van der Waals surface area contributed by atoms with Gasteiger partial charge in [0.25, 0.3) is 0 Å². The largest absolute Gasteiger partial charge is 0.454 e. The second kappa shape index (κ2) is 6.38. The van der Waals surface area contributed by atoms with Gasteiger partial charge in [0.1, 0.15) is 6.04 Å². The number of ether oxygens (including phenoxy) is 2. The number of benzene rings is 2. The van der Waals surface area contributed by atoms with Crippen LogP contribution in [0.1, 0.15) is 12.5 Å². The molecule has 2 aliphatic rings. The van der Waals surface area contributed by atoms with Gasteiger partial charge in [0.05, 0.1) is 6.42 Å². The molecule has 9 heteroatoms. The molecule has 0 aliphatic carbocycles. The third-order valence-electron chi connectivity index (χ3n) is 4.53. The Labute approximate surface area is 159 Å². The SMILES string of the molecule is O=C1C[C@H](C(=O)Nc2ccc3c(c2)OCO3)n2nc(-c3ccccc3)nc2N1. The van der Waals surface area contributed by atoms with Crippen molar-refractivity contribution in [1.82, 2.24) is 14.8 Å². The summed E-state index contributed by atoms with van der Waals surface area (Å²) in [5, 5.41) is 9.92. The van der Waals surface area contributed by atoms with E-state index < -0.39 is 6.04 Å². The number of anilines is 2. The van der Waals surface area contributed by atoms with Gasteiger partial charge < -0.3 is 14.8 Å². The lowest BCUT2D eigenvalue weighted by Gasteiger charge is -2.22. The van der Waals surface area contributed by atoms with Crippen LogP contribution >= 0.6 is 0 Å². The van der Waals surface area contributed by atoms with Gasteiger partial charge in [-0.1, -0.05) is 30.3 Å². The van der Waals surface area contributed by atoms with E-state index in [0.29, 0.717) is 23.0 Å². The molecule has 3 heterocycles. The first-order valence-corrected chi connectivity index (χ1v) is 8.70. The number of rotatable bonds is 3. The lowest BCUT2D eigenvalue weighted by molar-refractivity contribution is -0.125. The van der Waals surface area contributed by atoms with Crippen LogP contribution in [0.4, 0.5) is 11.6 Å². The van der Waals surface area contributed by atoms with Crippen molar-refractivity contribution in [2.45, 2.75) is 12.5 Å². The molecule has 28 heavy (non-hydrogen) atoms. The zero-order valence-corrected chi connectivity index (χ0v) is 14.6. The maximum absolute atomic E-state index is 12.9. The summed E-state index contributed by atoms with van der Waals surface area (Å²) < 4.78 is 12.0. The Morgan fingerprint density at radius 2 is 1.96 bits per heavy atom. The lowest BCUT2D eigenvalue weighted by atomic mass is 10.1. The van der Waals surface area contributed by atoms with Crippen molar-refractivity contribution in [2.24, 2.45) is 0 Å². The minimum atomic E-state index is -0.806. The Balaban J connectivity index is 1.43. The van der Waals surface area contributed by atoms with Gasteiger partial charge in [-0.05, 0) is 12.1 Å². The number of fused-ring (bicyclic) bond motifs is 2. The topological polar surface area (TPSA) is 107 Å². The molecule has 0 saturated heterocycles. The molecule has 5 rings (SSSR count). The molecule has 9 nitrogen and oxygen atoms in total. The number of nitrogens with zero attached hydrogens (tertiary/aromatic N) is 3. The van der Waals surface area contributed by atoms with Crippen LogP contribution in [0, 0.1) is 0 Å². The first kappa shape index (κ1) is 16.3. The van der Waals surface area contributed by atoms with E-state index >= 15 is 0 Å². The quantitative estimate of drug-likeness (QED) is 0.725. The van der Waals surface area contributed by atoms with Gasteiger partial charge in [-0.25, -0.2) is 4.68 Å². The molecular weight excluding hydrogens is 362 g/mol. The van der Waals surface area contributed by atoms with Crippen LogP contribution in [0.15, 0.2) is 48.5 Å². The molecule has 0 saturated carbocycles. The highest BCUT2D eigenvalue weighted by molar-refractivity contribution is 6.01. The van der Waals surface area contributed by atoms with Gasteiger partial charge in [0.15, 0.2) is 17.3 Å². The Morgan fingerprint density at radius 1 is 1.14 bits per heavy atom. The summed E-state index contributed by atoms with van der Waals surface area (Å²) in [5.74, 6) is 1.23. The Hall–Kier alpha value is -3.88. The van der Waals surface area contributed by atoms with Gasteiger partial charge in [-0.15, -0.1) is 5.10 Å². The van der Waals surface area contributed by atoms with E-state index in [2.05, 4.69) is 20.7 Å². The van der Waals surface area contributed by atoms with Crippen molar-refractivity contribution in [2.75, 3.05) is 17.4 Å². The predicted octanol–water partition coefficient (Wildman–Crippen LogP) is 2.20. The van der Waals surface area contributed by atoms with Gasteiger partial charge in [-0.3, -0.25) is 14.9 Å². The van der Waals surface area contributed by atoms with E-state index in [1.54, 1.807) is 18.2 Å². The number of aromatic nitrogens is 3. The van der Waals surface area contributed by atoms with Crippen LogP contribution in [-0.2, 0) is 9.59 Å². The fourth-order valence-corrected chi connectivity index (χ4v) is 3.18. The fourth-order valence-electron chi connectivity index (χ4n) is 3.18. The van der Waals surface area contributed by atoms with Gasteiger partial charge >= 0.3 is 0 Å². The predicted molar refractivity (Wildman–Crippen MR) is 98.9 cm³/mol. The molecule has 2 amide bonds. The van der Waals surface area contributed by atoms with E-state index in [9.17, 15) is 9.59 Å². The average Bonchev–Trinajstić information content (AvgIpc) is 3.34. The number of carbonyl (C=O) groups excluding carboxylic acids is 2.